The maximum absolute atomic E-state index is 12.5. The Morgan fingerprint density at radius 2 is 2.20 bits per heavy atom. The van der Waals surface area contributed by atoms with E-state index in [0.717, 1.165) is 42.1 Å². The number of aromatic nitrogens is 4. The fourth-order valence-electron chi connectivity index (χ4n) is 3.26. The van der Waals surface area contributed by atoms with Crippen molar-refractivity contribution in [1.82, 2.24) is 24.8 Å². The van der Waals surface area contributed by atoms with Gasteiger partial charge in [-0.05, 0) is 36.8 Å². The van der Waals surface area contributed by atoms with Gasteiger partial charge < -0.3 is 20.5 Å². The van der Waals surface area contributed by atoms with E-state index in [1.54, 1.807) is 23.3 Å². The zero-order chi connectivity index (χ0) is 20.9. The van der Waals surface area contributed by atoms with E-state index in [9.17, 15) is 9.90 Å². The van der Waals surface area contributed by atoms with Crippen LogP contribution in [0.2, 0.25) is 0 Å². The minimum absolute atomic E-state index is 0.0411. The van der Waals surface area contributed by atoms with Crippen LogP contribution < -0.4 is 10.6 Å². The Morgan fingerprint density at radius 3 is 3.00 bits per heavy atom. The summed E-state index contributed by atoms with van der Waals surface area (Å²) in [5.41, 5.74) is 2.00. The van der Waals surface area contributed by atoms with E-state index in [1.165, 1.54) is 11.3 Å². The topological polar surface area (TPSA) is 114 Å². The van der Waals surface area contributed by atoms with Gasteiger partial charge in [0.2, 0.25) is 5.95 Å². The quantitative estimate of drug-likeness (QED) is 0.528. The average molecular weight is 429 g/mol. The first-order valence-corrected chi connectivity index (χ1v) is 10.7. The molecule has 0 radical (unpaired) electrons. The van der Waals surface area contributed by atoms with Crippen LogP contribution >= 0.6 is 11.3 Å². The molecule has 30 heavy (non-hydrogen) atoms. The number of imidazole rings is 1. The molecular formula is C20H24N6O3S. The van der Waals surface area contributed by atoms with Crippen LogP contribution in [0, 0.1) is 6.92 Å². The molecule has 0 bridgehead atoms. The molecular weight excluding hydrogens is 404 g/mol. The highest BCUT2D eigenvalue weighted by atomic mass is 32.1. The Balaban J connectivity index is 1.44. The van der Waals surface area contributed by atoms with Crippen LogP contribution in [0.25, 0.3) is 5.82 Å². The second kappa shape index (κ2) is 9.33. The average Bonchev–Trinajstić information content (AvgIpc) is 3.43. The summed E-state index contributed by atoms with van der Waals surface area (Å²) in [6.45, 7) is 3.70. The summed E-state index contributed by atoms with van der Waals surface area (Å²) in [7, 11) is 0. The highest BCUT2D eigenvalue weighted by Crippen LogP contribution is 2.18. The van der Waals surface area contributed by atoms with E-state index < -0.39 is 0 Å². The van der Waals surface area contributed by atoms with Crippen molar-refractivity contribution >= 4 is 23.2 Å². The molecule has 0 unspecified atom stereocenters. The van der Waals surface area contributed by atoms with Crippen molar-refractivity contribution in [3.05, 3.63) is 51.9 Å². The van der Waals surface area contributed by atoms with Crippen LogP contribution in [-0.2, 0) is 17.9 Å². The SMILES string of the molecule is Cc1cnc(NC2CCOCC2)nc1-n1cnc(C(=O)NCc2sccc2CO)c1. The van der Waals surface area contributed by atoms with Crippen molar-refractivity contribution in [2.45, 2.75) is 39.0 Å². The van der Waals surface area contributed by atoms with Crippen LogP contribution in [0.4, 0.5) is 5.95 Å². The molecule has 3 N–H and O–H groups in total. The molecule has 9 nitrogen and oxygen atoms in total. The normalized spacial score (nSPS) is 14.6. The van der Waals surface area contributed by atoms with E-state index in [0.29, 0.717) is 30.0 Å². The van der Waals surface area contributed by atoms with Crippen molar-refractivity contribution in [2.75, 3.05) is 18.5 Å². The van der Waals surface area contributed by atoms with E-state index in [-0.39, 0.29) is 12.5 Å². The molecule has 0 atom stereocenters. The fraction of sp³-hybridized carbons (Fsp3) is 0.400. The summed E-state index contributed by atoms with van der Waals surface area (Å²) in [4.78, 5) is 26.7. The number of aliphatic hydroxyl groups excluding tert-OH is 1. The lowest BCUT2D eigenvalue weighted by molar-refractivity contribution is 0.0903. The number of thiophene rings is 1. The molecule has 0 saturated carbocycles. The number of nitrogens with zero attached hydrogens (tertiary/aromatic N) is 4. The first kappa shape index (κ1) is 20.5. The van der Waals surface area contributed by atoms with E-state index >= 15 is 0 Å². The zero-order valence-corrected chi connectivity index (χ0v) is 17.5. The van der Waals surface area contributed by atoms with Gasteiger partial charge in [0.25, 0.3) is 5.91 Å². The molecule has 3 aromatic rings. The third kappa shape index (κ3) is 4.66. The molecule has 1 saturated heterocycles. The predicted octanol–water partition coefficient (Wildman–Crippen LogP) is 2.05. The summed E-state index contributed by atoms with van der Waals surface area (Å²) in [6.07, 6.45) is 6.84. The van der Waals surface area contributed by atoms with Crippen LogP contribution in [0.5, 0.6) is 0 Å². The van der Waals surface area contributed by atoms with Crippen LogP contribution in [0.1, 0.15) is 39.3 Å². The third-order valence-corrected chi connectivity index (χ3v) is 5.94. The van der Waals surface area contributed by atoms with Gasteiger partial charge >= 0.3 is 0 Å². The maximum Gasteiger partial charge on any atom is 0.271 e. The summed E-state index contributed by atoms with van der Waals surface area (Å²) in [5, 5.41) is 17.4. The summed E-state index contributed by atoms with van der Waals surface area (Å²) in [6, 6.07) is 2.14. The molecule has 158 valence electrons. The lowest BCUT2D eigenvalue weighted by Gasteiger charge is -2.23. The van der Waals surface area contributed by atoms with Gasteiger partial charge in [0.1, 0.15) is 17.8 Å². The molecule has 4 heterocycles. The largest absolute Gasteiger partial charge is 0.392 e. The van der Waals surface area contributed by atoms with Gasteiger partial charge in [0, 0.05) is 42.1 Å². The second-order valence-electron chi connectivity index (χ2n) is 7.11. The minimum atomic E-state index is -0.279. The molecule has 4 rings (SSSR count). The Kier molecular flexibility index (Phi) is 6.36. The van der Waals surface area contributed by atoms with Gasteiger partial charge in [-0.25, -0.2) is 9.97 Å². The van der Waals surface area contributed by atoms with Crippen molar-refractivity contribution < 1.29 is 14.6 Å². The molecule has 0 spiro atoms. The first-order valence-electron chi connectivity index (χ1n) is 9.80. The highest BCUT2D eigenvalue weighted by Gasteiger charge is 2.17. The van der Waals surface area contributed by atoms with Crippen LogP contribution in [-0.4, -0.2) is 49.8 Å². The van der Waals surface area contributed by atoms with Gasteiger partial charge in [-0.3, -0.25) is 9.36 Å². The van der Waals surface area contributed by atoms with Crippen molar-refractivity contribution in [3.63, 3.8) is 0 Å². The van der Waals surface area contributed by atoms with E-state index in [2.05, 4.69) is 25.6 Å². The Hall–Kier alpha value is -2.82. The predicted molar refractivity (Wildman–Crippen MR) is 113 cm³/mol. The summed E-state index contributed by atoms with van der Waals surface area (Å²) < 4.78 is 7.12. The Morgan fingerprint density at radius 1 is 1.37 bits per heavy atom. The molecule has 1 amide bonds. The number of aliphatic hydroxyl groups is 1. The van der Waals surface area contributed by atoms with Crippen molar-refractivity contribution in [2.24, 2.45) is 0 Å². The maximum atomic E-state index is 12.5. The number of carbonyl (C=O) groups excluding carboxylic acids is 1. The molecule has 10 heteroatoms. The van der Waals surface area contributed by atoms with Gasteiger partial charge in [0.05, 0.1) is 13.2 Å². The van der Waals surface area contributed by atoms with Gasteiger partial charge in [-0.2, -0.15) is 4.98 Å². The number of aryl methyl sites for hydroxylation is 1. The highest BCUT2D eigenvalue weighted by molar-refractivity contribution is 7.10. The number of carbonyl (C=O) groups is 1. The number of nitrogens with one attached hydrogen (secondary N) is 2. The van der Waals surface area contributed by atoms with Gasteiger partial charge in [-0.15, -0.1) is 11.3 Å². The molecule has 0 aliphatic carbocycles. The number of ether oxygens (including phenoxy) is 1. The van der Waals surface area contributed by atoms with Crippen molar-refractivity contribution in [3.8, 4) is 5.82 Å². The first-order chi connectivity index (χ1) is 14.6. The molecule has 3 aromatic heterocycles. The summed E-state index contributed by atoms with van der Waals surface area (Å²) >= 11 is 1.50. The molecule has 0 aromatic carbocycles. The lowest BCUT2D eigenvalue weighted by Crippen LogP contribution is -2.28. The molecule has 1 aliphatic rings. The minimum Gasteiger partial charge on any atom is -0.392 e. The monoisotopic (exact) mass is 428 g/mol. The second-order valence-corrected chi connectivity index (χ2v) is 8.11. The number of amides is 1. The zero-order valence-electron chi connectivity index (χ0n) is 16.7. The Labute approximate surface area is 178 Å². The van der Waals surface area contributed by atoms with Gasteiger partial charge in [-0.1, -0.05) is 0 Å². The van der Waals surface area contributed by atoms with Crippen molar-refractivity contribution in [1.29, 1.82) is 0 Å². The third-order valence-electron chi connectivity index (χ3n) is 4.98. The lowest BCUT2D eigenvalue weighted by atomic mass is 10.1. The molecule has 1 fully saturated rings. The molecule has 1 aliphatic heterocycles. The smallest absolute Gasteiger partial charge is 0.271 e. The van der Waals surface area contributed by atoms with E-state index in [1.807, 2.05) is 18.4 Å². The Bertz CT molecular complexity index is 1010. The fourth-order valence-corrected chi connectivity index (χ4v) is 4.09. The number of hydrogen-bond donors (Lipinski definition) is 3. The summed E-state index contributed by atoms with van der Waals surface area (Å²) in [5.74, 6) is 0.946. The number of hydrogen-bond acceptors (Lipinski definition) is 8. The van der Waals surface area contributed by atoms with E-state index in [4.69, 9.17) is 4.74 Å². The van der Waals surface area contributed by atoms with Crippen LogP contribution in [0.3, 0.4) is 0 Å². The standard InChI is InChI=1S/C20H24N6O3S/c1-13-8-22-20(24-15-2-5-29-6-3-15)25-18(13)26-10-16(23-12-26)19(28)21-9-17-14(11-27)4-7-30-17/h4,7-8,10,12,15,27H,2-3,5-6,9,11H2,1H3,(H,21,28)(H,22,24,25). The van der Waals surface area contributed by atoms with Gasteiger partial charge in [0.15, 0.2) is 0 Å². The number of rotatable bonds is 7. The van der Waals surface area contributed by atoms with Crippen LogP contribution in [0.15, 0.2) is 30.2 Å². The number of anilines is 1.